The summed E-state index contributed by atoms with van der Waals surface area (Å²) in [4.78, 5) is 7.70. The summed E-state index contributed by atoms with van der Waals surface area (Å²) in [6.07, 6.45) is 1.71. The number of nitrogens with zero attached hydrogens (tertiary/aromatic N) is 2. The second kappa shape index (κ2) is 6.55. The maximum atomic E-state index is 9.36. The van der Waals surface area contributed by atoms with E-state index in [2.05, 4.69) is 15.3 Å². The van der Waals surface area contributed by atoms with Crippen LogP contribution in [0.2, 0.25) is 5.28 Å². The molecule has 84 valence electrons. The van der Waals surface area contributed by atoms with Crippen molar-refractivity contribution in [3.63, 3.8) is 0 Å². The van der Waals surface area contributed by atoms with E-state index in [4.69, 9.17) is 16.3 Å². The fraction of sp³-hybridized carbons (Fsp3) is 0.556. The Morgan fingerprint density at radius 2 is 2.47 bits per heavy atom. The number of aliphatic hydroxyl groups is 1. The van der Waals surface area contributed by atoms with Gasteiger partial charge in [0.1, 0.15) is 5.82 Å². The van der Waals surface area contributed by atoms with Gasteiger partial charge in [-0.2, -0.15) is 0 Å². The lowest BCUT2D eigenvalue weighted by atomic mass is 10.2. The van der Waals surface area contributed by atoms with Crippen LogP contribution in [0.5, 0.6) is 0 Å². The largest absolute Gasteiger partial charge is 0.391 e. The highest BCUT2D eigenvalue weighted by Gasteiger charge is 2.02. The first kappa shape index (κ1) is 12.2. The first-order chi connectivity index (χ1) is 7.22. The summed E-state index contributed by atoms with van der Waals surface area (Å²) < 4.78 is 4.80. The Hall–Kier alpha value is -0.910. The number of anilines is 1. The number of halogens is 1. The number of hydrogen-bond donors (Lipinski definition) is 2. The number of methoxy groups -OCH3 is 1. The van der Waals surface area contributed by atoms with Crippen LogP contribution in [0.1, 0.15) is 6.42 Å². The van der Waals surface area contributed by atoms with Crippen molar-refractivity contribution in [2.24, 2.45) is 0 Å². The molecule has 0 radical (unpaired) electrons. The SMILES string of the molecule is COCC(O)CCNc1ccnc(Cl)n1. The zero-order chi connectivity index (χ0) is 11.1. The first-order valence-corrected chi connectivity index (χ1v) is 4.99. The summed E-state index contributed by atoms with van der Waals surface area (Å²) in [5.41, 5.74) is 0. The molecular weight excluding hydrogens is 218 g/mol. The third-order valence-electron chi connectivity index (χ3n) is 1.77. The van der Waals surface area contributed by atoms with E-state index >= 15 is 0 Å². The van der Waals surface area contributed by atoms with Gasteiger partial charge in [-0.3, -0.25) is 0 Å². The molecule has 0 bridgehead atoms. The molecule has 0 saturated heterocycles. The Morgan fingerprint density at radius 3 is 3.13 bits per heavy atom. The minimum atomic E-state index is -0.459. The van der Waals surface area contributed by atoms with Crippen LogP contribution in [-0.2, 0) is 4.74 Å². The summed E-state index contributed by atoms with van der Waals surface area (Å²) >= 11 is 5.60. The van der Waals surface area contributed by atoms with Gasteiger partial charge in [-0.05, 0) is 24.1 Å². The molecule has 1 atom stereocenters. The molecule has 1 heterocycles. The standard InChI is InChI=1S/C9H14ClN3O2/c1-15-6-7(14)2-4-11-8-3-5-12-9(10)13-8/h3,5,7,14H,2,4,6H2,1H3,(H,11,12,13). The van der Waals surface area contributed by atoms with Crippen molar-refractivity contribution in [2.45, 2.75) is 12.5 Å². The predicted octanol–water partition coefficient (Wildman–Crippen LogP) is 0.939. The van der Waals surface area contributed by atoms with E-state index in [9.17, 15) is 5.11 Å². The van der Waals surface area contributed by atoms with Crippen LogP contribution in [-0.4, -0.2) is 41.4 Å². The predicted molar refractivity (Wildman–Crippen MR) is 58.0 cm³/mol. The summed E-state index contributed by atoms with van der Waals surface area (Å²) in [7, 11) is 1.56. The molecule has 15 heavy (non-hydrogen) atoms. The van der Waals surface area contributed by atoms with Crippen molar-refractivity contribution in [1.82, 2.24) is 9.97 Å². The van der Waals surface area contributed by atoms with E-state index < -0.39 is 6.10 Å². The molecule has 0 amide bonds. The number of aromatic nitrogens is 2. The second-order valence-corrected chi connectivity index (χ2v) is 3.37. The van der Waals surface area contributed by atoms with Gasteiger partial charge in [-0.15, -0.1) is 0 Å². The van der Waals surface area contributed by atoms with Gasteiger partial charge >= 0.3 is 0 Å². The Kier molecular flexibility index (Phi) is 5.31. The number of hydrogen-bond acceptors (Lipinski definition) is 5. The molecule has 1 unspecified atom stereocenters. The van der Waals surface area contributed by atoms with Crippen molar-refractivity contribution in [3.8, 4) is 0 Å². The Balaban J connectivity index is 2.25. The van der Waals surface area contributed by atoms with Crippen molar-refractivity contribution < 1.29 is 9.84 Å². The molecule has 2 N–H and O–H groups in total. The maximum absolute atomic E-state index is 9.36. The number of ether oxygens (including phenoxy) is 1. The first-order valence-electron chi connectivity index (χ1n) is 4.62. The zero-order valence-electron chi connectivity index (χ0n) is 8.48. The van der Waals surface area contributed by atoms with Crippen LogP contribution in [0, 0.1) is 0 Å². The van der Waals surface area contributed by atoms with Crippen molar-refractivity contribution in [3.05, 3.63) is 17.5 Å². The summed E-state index contributed by atoms with van der Waals surface area (Å²) in [6, 6.07) is 1.72. The average molecular weight is 232 g/mol. The fourth-order valence-corrected chi connectivity index (χ4v) is 1.22. The van der Waals surface area contributed by atoms with Crippen molar-refractivity contribution >= 4 is 17.4 Å². The highest BCUT2D eigenvalue weighted by atomic mass is 35.5. The number of aliphatic hydroxyl groups excluding tert-OH is 1. The molecule has 0 aliphatic rings. The average Bonchev–Trinajstić information content (AvgIpc) is 2.18. The molecule has 0 aliphatic heterocycles. The van der Waals surface area contributed by atoms with E-state index in [1.165, 1.54) is 0 Å². The summed E-state index contributed by atoms with van der Waals surface area (Å²) in [5, 5.41) is 12.6. The van der Waals surface area contributed by atoms with E-state index in [0.717, 1.165) is 0 Å². The van der Waals surface area contributed by atoms with Crippen LogP contribution >= 0.6 is 11.6 Å². The van der Waals surface area contributed by atoms with Gasteiger partial charge in [0.25, 0.3) is 0 Å². The van der Waals surface area contributed by atoms with Gasteiger partial charge < -0.3 is 15.2 Å². The molecule has 0 aromatic carbocycles. The number of rotatable bonds is 6. The molecule has 5 nitrogen and oxygen atoms in total. The monoisotopic (exact) mass is 231 g/mol. The van der Waals surface area contributed by atoms with Crippen molar-refractivity contribution in [1.29, 1.82) is 0 Å². The van der Waals surface area contributed by atoms with Gasteiger partial charge in [0.15, 0.2) is 0 Å². The third kappa shape index (κ3) is 4.92. The molecule has 0 spiro atoms. The molecule has 6 heteroatoms. The molecule has 0 aliphatic carbocycles. The van der Waals surface area contributed by atoms with Crippen LogP contribution < -0.4 is 5.32 Å². The fourth-order valence-electron chi connectivity index (χ4n) is 1.08. The maximum Gasteiger partial charge on any atom is 0.224 e. The summed E-state index contributed by atoms with van der Waals surface area (Å²) in [6.45, 7) is 0.948. The zero-order valence-corrected chi connectivity index (χ0v) is 9.24. The quantitative estimate of drug-likeness (QED) is 0.714. The second-order valence-electron chi connectivity index (χ2n) is 3.04. The topological polar surface area (TPSA) is 67.3 Å². The van der Waals surface area contributed by atoms with Gasteiger partial charge in [0, 0.05) is 19.9 Å². The van der Waals surface area contributed by atoms with E-state index in [0.29, 0.717) is 25.4 Å². The van der Waals surface area contributed by atoms with Crippen LogP contribution in [0.25, 0.3) is 0 Å². The smallest absolute Gasteiger partial charge is 0.224 e. The Bertz CT molecular complexity index is 298. The third-order valence-corrected chi connectivity index (χ3v) is 1.95. The van der Waals surface area contributed by atoms with Crippen LogP contribution in [0.4, 0.5) is 5.82 Å². The highest BCUT2D eigenvalue weighted by molar-refractivity contribution is 6.28. The van der Waals surface area contributed by atoms with Gasteiger partial charge in [0.2, 0.25) is 5.28 Å². The van der Waals surface area contributed by atoms with E-state index in [1.807, 2.05) is 0 Å². The van der Waals surface area contributed by atoms with E-state index in [-0.39, 0.29) is 5.28 Å². The lowest BCUT2D eigenvalue weighted by Crippen LogP contribution is -2.18. The van der Waals surface area contributed by atoms with Gasteiger partial charge in [-0.1, -0.05) is 0 Å². The molecule has 1 aromatic rings. The van der Waals surface area contributed by atoms with Crippen molar-refractivity contribution in [2.75, 3.05) is 25.6 Å². The molecular formula is C9H14ClN3O2. The molecule has 0 fully saturated rings. The Labute approximate surface area is 93.5 Å². The van der Waals surface area contributed by atoms with Gasteiger partial charge in [0.05, 0.1) is 12.7 Å². The van der Waals surface area contributed by atoms with E-state index in [1.54, 1.807) is 19.4 Å². The molecule has 0 saturated carbocycles. The van der Waals surface area contributed by atoms with Gasteiger partial charge in [-0.25, -0.2) is 9.97 Å². The lowest BCUT2D eigenvalue weighted by molar-refractivity contribution is 0.0615. The molecule has 1 aromatic heterocycles. The van der Waals surface area contributed by atoms with Crippen LogP contribution in [0.15, 0.2) is 12.3 Å². The Morgan fingerprint density at radius 1 is 1.67 bits per heavy atom. The lowest BCUT2D eigenvalue weighted by Gasteiger charge is -2.10. The normalized spacial score (nSPS) is 12.5. The number of nitrogens with one attached hydrogen (secondary N) is 1. The highest BCUT2D eigenvalue weighted by Crippen LogP contribution is 2.05. The minimum Gasteiger partial charge on any atom is -0.391 e. The summed E-state index contributed by atoms with van der Waals surface area (Å²) in [5.74, 6) is 0.652. The van der Waals surface area contributed by atoms with Crippen LogP contribution in [0.3, 0.4) is 0 Å². The molecule has 1 rings (SSSR count). The minimum absolute atomic E-state index is 0.206.